The zero-order valence-corrected chi connectivity index (χ0v) is 12.1. The molecule has 1 aromatic carbocycles. The number of amides is 1. The summed E-state index contributed by atoms with van der Waals surface area (Å²) in [5.41, 5.74) is 0.267. The van der Waals surface area contributed by atoms with E-state index in [1.807, 2.05) is 0 Å². The fraction of sp³-hybridized carbons (Fsp3) is 0.562. The normalized spacial score (nSPS) is 19.8. The molecule has 0 aromatic heterocycles. The number of carbonyl (C=O) groups is 1. The summed E-state index contributed by atoms with van der Waals surface area (Å²) in [4.78, 5) is 14.3. The quantitative estimate of drug-likeness (QED) is 0.895. The third-order valence-corrected chi connectivity index (χ3v) is 3.99. The number of nitrogens with one attached hydrogen (secondary N) is 1. The Balaban J connectivity index is 1.81. The van der Waals surface area contributed by atoms with Crippen molar-refractivity contribution in [1.82, 2.24) is 4.90 Å². The maximum atomic E-state index is 13.4. The van der Waals surface area contributed by atoms with Crippen molar-refractivity contribution in [3.05, 3.63) is 30.1 Å². The molecule has 1 N–H and O–H groups in total. The number of hydrogen-bond donors (Lipinski definition) is 1. The van der Waals surface area contributed by atoms with E-state index in [1.54, 1.807) is 18.2 Å². The van der Waals surface area contributed by atoms with Crippen LogP contribution in [0.4, 0.5) is 10.1 Å². The van der Waals surface area contributed by atoms with Crippen molar-refractivity contribution in [3.8, 4) is 0 Å². The number of rotatable bonds is 5. The van der Waals surface area contributed by atoms with Gasteiger partial charge >= 0.3 is 0 Å². The third kappa shape index (κ3) is 4.04. The predicted molar refractivity (Wildman–Crippen MR) is 79.1 cm³/mol. The molecule has 1 aliphatic rings. The highest BCUT2D eigenvalue weighted by molar-refractivity contribution is 5.90. The Morgan fingerprint density at radius 3 is 2.95 bits per heavy atom. The Hall–Kier alpha value is -1.42. The lowest BCUT2D eigenvalue weighted by atomic mass is 10.00. The van der Waals surface area contributed by atoms with Crippen LogP contribution in [0.15, 0.2) is 24.3 Å². The minimum atomic E-state index is -0.384. The highest BCUT2D eigenvalue weighted by Crippen LogP contribution is 2.19. The second-order valence-corrected chi connectivity index (χ2v) is 5.37. The van der Waals surface area contributed by atoms with E-state index in [9.17, 15) is 9.18 Å². The number of para-hydroxylation sites is 1. The van der Waals surface area contributed by atoms with Gasteiger partial charge in [0, 0.05) is 19.0 Å². The van der Waals surface area contributed by atoms with Crippen LogP contribution in [-0.2, 0) is 4.79 Å². The molecule has 4 heteroatoms. The van der Waals surface area contributed by atoms with Crippen LogP contribution in [0.2, 0.25) is 0 Å². The van der Waals surface area contributed by atoms with Crippen molar-refractivity contribution >= 4 is 11.6 Å². The summed E-state index contributed by atoms with van der Waals surface area (Å²) < 4.78 is 13.4. The molecule has 20 heavy (non-hydrogen) atoms. The zero-order chi connectivity index (χ0) is 14.4. The van der Waals surface area contributed by atoms with Gasteiger partial charge in [0.15, 0.2) is 0 Å². The van der Waals surface area contributed by atoms with Crippen LogP contribution in [0.3, 0.4) is 0 Å². The van der Waals surface area contributed by atoms with Crippen molar-refractivity contribution in [2.24, 2.45) is 0 Å². The van der Waals surface area contributed by atoms with Gasteiger partial charge in [-0.05, 0) is 37.9 Å². The van der Waals surface area contributed by atoms with Crippen molar-refractivity contribution in [2.45, 2.75) is 45.1 Å². The molecule has 1 heterocycles. The van der Waals surface area contributed by atoms with E-state index >= 15 is 0 Å². The third-order valence-electron chi connectivity index (χ3n) is 3.99. The second kappa shape index (κ2) is 7.39. The molecule has 1 fully saturated rings. The van der Waals surface area contributed by atoms with Crippen LogP contribution >= 0.6 is 0 Å². The first-order valence-electron chi connectivity index (χ1n) is 7.49. The highest BCUT2D eigenvalue weighted by atomic mass is 19.1. The standard InChI is InChI=1S/C16H23FN2O/c1-2-13-7-5-6-11-19(13)12-10-16(20)18-15-9-4-3-8-14(15)17/h3-4,8-9,13H,2,5-7,10-12H2,1H3,(H,18,20). The summed E-state index contributed by atoms with van der Waals surface area (Å²) in [5.74, 6) is -0.499. The second-order valence-electron chi connectivity index (χ2n) is 5.37. The monoisotopic (exact) mass is 278 g/mol. The first-order chi connectivity index (χ1) is 9.70. The van der Waals surface area contributed by atoms with E-state index in [0.717, 1.165) is 19.5 Å². The van der Waals surface area contributed by atoms with Gasteiger partial charge in [0.2, 0.25) is 5.91 Å². The highest BCUT2D eigenvalue weighted by Gasteiger charge is 2.21. The molecule has 1 unspecified atom stereocenters. The van der Waals surface area contributed by atoms with Crippen LogP contribution in [0.5, 0.6) is 0 Å². The zero-order valence-electron chi connectivity index (χ0n) is 12.1. The lowest BCUT2D eigenvalue weighted by molar-refractivity contribution is -0.116. The lowest BCUT2D eigenvalue weighted by Gasteiger charge is -2.35. The van der Waals surface area contributed by atoms with Gasteiger partial charge in [-0.15, -0.1) is 0 Å². The SMILES string of the molecule is CCC1CCCCN1CCC(=O)Nc1ccccc1F. The molecule has 110 valence electrons. The number of halogens is 1. The molecule has 3 nitrogen and oxygen atoms in total. The van der Waals surface area contributed by atoms with Crippen molar-refractivity contribution < 1.29 is 9.18 Å². The lowest BCUT2D eigenvalue weighted by Crippen LogP contribution is -2.40. The van der Waals surface area contributed by atoms with Crippen LogP contribution in [-0.4, -0.2) is 29.9 Å². The average Bonchev–Trinajstić information content (AvgIpc) is 2.48. The Morgan fingerprint density at radius 2 is 2.20 bits per heavy atom. The van der Waals surface area contributed by atoms with Crippen molar-refractivity contribution in [2.75, 3.05) is 18.4 Å². The minimum absolute atomic E-state index is 0.115. The van der Waals surface area contributed by atoms with Gasteiger partial charge in [-0.1, -0.05) is 25.5 Å². The molecule has 0 radical (unpaired) electrons. The number of hydrogen-bond acceptors (Lipinski definition) is 2. The molecule has 1 saturated heterocycles. The summed E-state index contributed by atoms with van der Waals surface area (Å²) in [7, 11) is 0. The van der Waals surface area contributed by atoms with Gasteiger partial charge in [0.1, 0.15) is 5.82 Å². The topological polar surface area (TPSA) is 32.3 Å². The minimum Gasteiger partial charge on any atom is -0.324 e. The summed E-state index contributed by atoms with van der Waals surface area (Å²) >= 11 is 0. The molecule has 1 aliphatic heterocycles. The molecule has 0 aliphatic carbocycles. The molecule has 0 saturated carbocycles. The molecule has 1 amide bonds. The maximum Gasteiger partial charge on any atom is 0.225 e. The first kappa shape index (κ1) is 15.0. The molecule has 2 rings (SSSR count). The number of nitrogens with zero attached hydrogens (tertiary/aromatic N) is 1. The average molecular weight is 278 g/mol. The summed E-state index contributed by atoms with van der Waals surface area (Å²) in [6.07, 6.45) is 5.28. The Morgan fingerprint density at radius 1 is 1.40 bits per heavy atom. The van der Waals surface area contributed by atoms with Gasteiger partial charge in [-0.2, -0.15) is 0 Å². The summed E-state index contributed by atoms with van der Waals surface area (Å²) in [6.45, 7) is 4.03. The van der Waals surface area contributed by atoms with E-state index in [2.05, 4.69) is 17.1 Å². The Labute approximate surface area is 120 Å². The van der Waals surface area contributed by atoms with E-state index in [1.165, 1.54) is 25.3 Å². The predicted octanol–water partition coefficient (Wildman–Crippen LogP) is 3.42. The molecule has 0 bridgehead atoms. The van der Waals surface area contributed by atoms with Gasteiger partial charge in [-0.3, -0.25) is 9.69 Å². The fourth-order valence-electron chi connectivity index (χ4n) is 2.84. The van der Waals surface area contributed by atoms with E-state index in [0.29, 0.717) is 12.5 Å². The molecular formula is C16H23FN2O. The van der Waals surface area contributed by atoms with Crippen LogP contribution < -0.4 is 5.32 Å². The Bertz CT molecular complexity index is 450. The van der Waals surface area contributed by atoms with Gasteiger partial charge in [-0.25, -0.2) is 4.39 Å². The maximum absolute atomic E-state index is 13.4. The number of anilines is 1. The molecule has 0 spiro atoms. The van der Waals surface area contributed by atoms with Crippen LogP contribution in [0.25, 0.3) is 0 Å². The number of benzene rings is 1. The van der Waals surface area contributed by atoms with Crippen LogP contribution in [0, 0.1) is 5.82 Å². The number of likely N-dealkylation sites (tertiary alicyclic amines) is 1. The molecular weight excluding hydrogens is 255 g/mol. The van der Waals surface area contributed by atoms with Gasteiger partial charge in [0.25, 0.3) is 0 Å². The Kier molecular flexibility index (Phi) is 5.53. The van der Waals surface area contributed by atoms with Gasteiger partial charge in [0.05, 0.1) is 5.69 Å². The van der Waals surface area contributed by atoms with Crippen molar-refractivity contribution in [1.29, 1.82) is 0 Å². The van der Waals surface area contributed by atoms with E-state index < -0.39 is 0 Å². The van der Waals surface area contributed by atoms with Gasteiger partial charge < -0.3 is 5.32 Å². The number of carbonyl (C=O) groups excluding carboxylic acids is 1. The van der Waals surface area contributed by atoms with Crippen LogP contribution in [0.1, 0.15) is 39.0 Å². The first-order valence-corrected chi connectivity index (χ1v) is 7.49. The van der Waals surface area contributed by atoms with E-state index in [4.69, 9.17) is 0 Å². The molecule has 1 atom stereocenters. The number of piperidine rings is 1. The molecule has 1 aromatic rings. The summed E-state index contributed by atoms with van der Waals surface area (Å²) in [5, 5.41) is 2.64. The summed E-state index contributed by atoms with van der Waals surface area (Å²) in [6, 6.07) is 6.88. The van der Waals surface area contributed by atoms with E-state index in [-0.39, 0.29) is 17.4 Å². The largest absolute Gasteiger partial charge is 0.324 e. The smallest absolute Gasteiger partial charge is 0.225 e. The fourth-order valence-corrected chi connectivity index (χ4v) is 2.84. The van der Waals surface area contributed by atoms with Crippen molar-refractivity contribution in [3.63, 3.8) is 0 Å².